The zero-order chi connectivity index (χ0) is 18.4. The van der Waals surface area contributed by atoms with Crippen LogP contribution >= 0.6 is 0 Å². The lowest BCUT2D eigenvalue weighted by Crippen LogP contribution is -2.19. The number of aliphatic hydroxyl groups excluding tert-OH is 1. The highest BCUT2D eigenvalue weighted by atomic mass is 16.5. The number of aromatic amines is 1. The SMILES string of the molecule is CC(/C=C/C1=C(O)CCCC1(C)C)=C\C=C\C(C)=C\c1noc(=O)[nH]1. The standard InChI is InChI=1S/C20H26N2O3/c1-14(10-11-16-17(23)9-6-12-20(16,3)4)7-5-8-15(2)13-18-21-19(24)25-22-18/h5,7-8,10-11,13,23H,6,9,12H2,1-4H3,(H,21,22,24)/b8-5+,11-10+,14-7+,15-13+. The summed E-state index contributed by atoms with van der Waals surface area (Å²) in [5, 5.41) is 13.7. The molecule has 5 heteroatoms. The first-order valence-corrected chi connectivity index (χ1v) is 8.48. The monoisotopic (exact) mass is 342 g/mol. The molecule has 0 atom stereocenters. The summed E-state index contributed by atoms with van der Waals surface area (Å²) in [5.74, 6) is 0.345. The van der Waals surface area contributed by atoms with Crippen molar-refractivity contribution in [2.45, 2.75) is 47.0 Å². The van der Waals surface area contributed by atoms with Gasteiger partial charge in [0.05, 0.1) is 5.76 Å². The molecule has 0 spiro atoms. The minimum Gasteiger partial charge on any atom is -0.512 e. The molecule has 0 saturated heterocycles. The Morgan fingerprint density at radius 2 is 2.04 bits per heavy atom. The van der Waals surface area contributed by atoms with Crippen molar-refractivity contribution in [3.8, 4) is 0 Å². The van der Waals surface area contributed by atoms with Gasteiger partial charge >= 0.3 is 5.76 Å². The van der Waals surface area contributed by atoms with E-state index in [0.717, 1.165) is 36.0 Å². The van der Waals surface area contributed by atoms with Gasteiger partial charge in [0, 0.05) is 6.42 Å². The number of nitrogens with one attached hydrogen (secondary N) is 1. The number of H-pyrrole nitrogens is 1. The average Bonchev–Trinajstić information content (AvgIpc) is 2.91. The molecular formula is C20H26N2O3. The molecule has 1 aliphatic carbocycles. The van der Waals surface area contributed by atoms with Crippen LogP contribution in [0, 0.1) is 5.41 Å². The van der Waals surface area contributed by atoms with Gasteiger partial charge in [-0.3, -0.25) is 9.51 Å². The highest BCUT2D eigenvalue weighted by Crippen LogP contribution is 2.40. The molecule has 0 saturated carbocycles. The van der Waals surface area contributed by atoms with Crippen LogP contribution in [-0.4, -0.2) is 15.2 Å². The van der Waals surface area contributed by atoms with Crippen LogP contribution < -0.4 is 5.76 Å². The first-order chi connectivity index (χ1) is 11.8. The van der Waals surface area contributed by atoms with E-state index in [0.29, 0.717) is 11.6 Å². The zero-order valence-electron chi connectivity index (χ0n) is 15.3. The van der Waals surface area contributed by atoms with Crippen LogP contribution in [0.5, 0.6) is 0 Å². The van der Waals surface area contributed by atoms with E-state index in [9.17, 15) is 9.90 Å². The van der Waals surface area contributed by atoms with Crippen LogP contribution in [0.3, 0.4) is 0 Å². The Labute approximate surface area is 148 Å². The summed E-state index contributed by atoms with van der Waals surface area (Å²) < 4.78 is 4.45. The fraction of sp³-hybridized carbons (Fsp3) is 0.400. The molecular weight excluding hydrogens is 316 g/mol. The van der Waals surface area contributed by atoms with Gasteiger partial charge in [-0.25, -0.2) is 4.79 Å². The van der Waals surface area contributed by atoms with Gasteiger partial charge in [-0.2, -0.15) is 0 Å². The van der Waals surface area contributed by atoms with Crippen LogP contribution in [0.1, 0.15) is 52.8 Å². The molecule has 1 aromatic rings. The summed E-state index contributed by atoms with van der Waals surface area (Å²) in [7, 11) is 0. The maximum absolute atomic E-state index is 10.9. The van der Waals surface area contributed by atoms with E-state index in [-0.39, 0.29) is 5.41 Å². The number of aliphatic hydroxyl groups is 1. The zero-order valence-corrected chi connectivity index (χ0v) is 15.3. The van der Waals surface area contributed by atoms with Crippen molar-refractivity contribution in [3.05, 3.63) is 69.2 Å². The van der Waals surface area contributed by atoms with Gasteiger partial charge < -0.3 is 5.11 Å². The van der Waals surface area contributed by atoms with Crippen molar-refractivity contribution < 1.29 is 9.63 Å². The topological polar surface area (TPSA) is 79.1 Å². The lowest BCUT2D eigenvalue weighted by atomic mass is 9.74. The summed E-state index contributed by atoms with van der Waals surface area (Å²) in [5.41, 5.74) is 3.07. The summed E-state index contributed by atoms with van der Waals surface area (Å²) in [6, 6.07) is 0. The van der Waals surface area contributed by atoms with Crippen LogP contribution in [0.15, 0.2) is 62.2 Å². The molecule has 0 radical (unpaired) electrons. The van der Waals surface area contributed by atoms with Crippen molar-refractivity contribution >= 4 is 6.08 Å². The molecule has 0 aromatic carbocycles. The number of hydrogen-bond donors (Lipinski definition) is 2. The van der Waals surface area contributed by atoms with Gasteiger partial charge in [-0.05, 0) is 49.3 Å². The van der Waals surface area contributed by atoms with Gasteiger partial charge in [-0.15, -0.1) is 0 Å². The third-order valence-corrected chi connectivity index (χ3v) is 4.31. The van der Waals surface area contributed by atoms with Gasteiger partial charge in [0.2, 0.25) is 0 Å². The van der Waals surface area contributed by atoms with Gasteiger partial charge in [0.15, 0.2) is 5.82 Å². The van der Waals surface area contributed by atoms with E-state index >= 15 is 0 Å². The molecule has 1 aliphatic rings. The molecule has 2 N–H and O–H groups in total. The van der Waals surface area contributed by atoms with E-state index in [1.165, 1.54) is 0 Å². The minimum absolute atomic E-state index is 0.0167. The predicted octanol–water partition coefficient (Wildman–Crippen LogP) is 4.85. The Morgan fingerprint density at radius 1 is 1.28 bits per heavy atom. The fourth-order valence-corrected chi connectivity index (χ4v) is 2.87. The molecule has 0 unspecified atom stereocenters. The second kappa shape index (κ2) is 8.01. The predicted molar refractivity (Wildman–Crippen MR) is 100 cm³/mol. The van der Waals surface area contributed by atoms with Gasteiger partial charge in [-0.1, -0.05) is 55.0 Å². The van der Waals surface area contributed by atoms with E-state index in [4.69, 9.17) is 0 Å². The average molecular weight is 342 g/mol. The summed E-state index contributed by atoms with van der Waals surface area (Å²) >= 11 is 0. The smallest absolute Gasteiger partial charge is 0.439 e. The summed E-state index contributed by atoms with van der Waals surface area (Å²) in [6.45, 7) is 8.27. The van der Waals surface area contributed by atoms with Crippen molar-refractivity contribution in [1.82, 2.24) is 10.1 Å². The molecule has 1 heterocycles. The second-order valence-corrected chi connectivity index (χ2v) is 7.07. The Kier molecular flexibility index (Phi) is 6.02. The van der Waals surface area contributed by atoms with Crippen LogP contribution in [-0.2, 0) is 0 Å². The van der Waals surface area contributed by atoms with E-state index < -0.39 is 5.76 Å². The van der Waals surface area contributed by atoms with Gasteiger partial charge in [0.1, 0.15) is 0 Å². The maximum Gasteiger partial charge on any atom is 0.439 e. The van der Waals surface area contributed by atoms with Crippen molar-refractivity contribution in [2.75, 3.05) is 0 Å². The lowest BCUT2D eigenvalue weighted by Gasteiger charge is -2.31. The van der Waals surface area contributed by atoms with Crippen molar-refractivity contribution in [1.29, 1.82) is 0 Å². The Morgan fingerprint density at radius 3 is 2.68 bits per heavy atom. The number of aromatic nitrogens is 2. The third kappa shape index (κ3) is 5.48. The third-order valence-electron chi connectivity index (χ3n) is 4.31. The first kappa shape index (κ1) is 18.8. The largest absolute Gasteiger partial charge is 0.512 e. The second-order valence-electron chi connectivity index (χ2n) is 7.07. The first-order valence-electron chi connectivity index (χ1n) is 8.48. The Balaban J connectivity index is 2.04. The molecule has 134 valence electrons. The highest BCUT2D eigenvalue weighted by Gasteiger charge is 2.28. The Bertz CT molecular complexity index is 814. The van der Waals surface area contributed by atoms with E-state index in [2.05, 4.69) is 28.5 Å². The van der Waals surface area contributed by atoms with Crippen LogP contribution in [0.4, 0.5) is 0 Å². The molecule has 0 amide bonds. The molecule has 0 fully saturated rings. The number of nitrogens with zero attached hydrogens (tertiary/aromatic N) is 1. The van der Waals surface area contributed by atoms with Crippen molar-refractivity contribution in [2.24, 2.45) is 5.41 Å². The molecule has 2 rings (SSSR count). The van der Waals surface area contributed by atoms with E-state index in [1.54, 1.807) is 6.08 Å². The highest BCUT2D eigenvalue weighted by molar-refractivity contribution is 5.48. The number of rotatable bonds is 5. The lowest BCUT2D eigenvalue weighted by molar-refractivity contribution is 0.292. The molecule has 0 aliphatic heterocycles. The van der Waals surface area contributed by atoms with Gasteiger partial charge in [0.25, 0.3) is 0 Å². The van der Waals surface area contributed by atoms with E-state index in [1.807, 2.05) is 44.2 Å². The molecule has 1 aromatic heterocycles. The Hall–Kier alpha value is -2.56. The quantitative estimate of drug-likeness (QED) is 0.750. The summed E-state index contributed by atoms with van der Waals surface area (Å²) in [6.07, 6.45) is 14.5. The molecule has 5 nitrogen and oxygen atoms in total. The molecule has 25 heavy (non-hydrogen) atoms. The summed E-state index contributed by atoms with van der Waals surface area (Å²) in [4.78, 5) is 13.4. The number of hydrogen-bond acceptors (Lipinski definition) is 4. The minimum atomic E-state index is -0.563. The van der Waals surface area contributed by atoms with Crippen molar-refractivity contribution in [3.63, 3.8) is 0 Å². The fourth-order valence-electron chi connectivity index (χ4n) is 2.87. The normalized spacial score (nSPS) is 19.4. The van der Waals surface area contributed by atoms with Crippen LogP contribution in [0.25, 0.3) is 6.08 Å². The van der Waals surface area contributed by atoms with Crippen LogP contribution in [0.2, 0.25) is 0 Å². The number of allylic oxidation sites excluding steroid dienone is 9. The maximum atomic E-state index is 10.9. The molecule has 0 bridgehead atoms.